The largest absolute Gasteiger partial charge is 0.395 e. The van der Waals surface area contributed by atoms with Crippen molar-refractivity contribution < 1.29 is 9.84 Å². The third kappa shape index (κ3) is 2.93. The standard InChI is InChI=1S/C14H21N5O2/c1-19(6-7-20)14-12-11(17-18-14)2-5-15-13(12)16-10-3-8-21-9-4-10/h2,5,10,20H,3-4,6-9H2,1H3,(H,15,16)(H,17,18). The van der Waals surface area contributed by atoms with E-state index < -0.39 is 0 Å². The van der Waals surface area contributed by atoms with Crippen molar-refractivity contribution in [3.05, 3.63) is 12.3 Å². The minimum absolute atomic E-state index is 0.0911. The van der Waals surface area contributed by atoms with Gasteiger partial charge in [-0.2, -0.15) is 5.10 Å². The lowest BCUT2D eigenvalue weighted by atomic mass is 10.1. The van der Waals surface area contributed by atoms with Crippen LogP contribution in [0.1, 0.15) is 12.8 Å². The van der Waals surface area contributed by atoms with Crippen LogP contribution in [0.15, 0.2) is 12.3 Å². The number of nitrogens with zero attached hydrogens (tertiary/aromatic N) is 3. The number of aromatic amines is 1. The Morgan fingerprint density at radius 1 is 1.48 bits per heavy atom. The number of fused-ring (bicyclic) bond motifs is 1. The highest BCUT2D eigenvalue weighted by atomic mass is 16.5. The molecule has 7 nitrogen and oxygen atoms in total. The van der Waals surface area contributed by atoms with Crippen LogP contribution in [0.2, 0.25) is 0 Å². The molecule has 21 heavy (non-hydrogen) atoms. The summed E-state index contributed by atoms with van der Waals surface area (Å²) in [5, 5.41) is 21.0. The molecule has 0 atom stereocenters. The molecule has 0 amide bonds. The normalized spacial score (nSPS) is 16.3. The zero-order valence-corrected chi connectivity index (χ0v) is 12.2. The number of aliphatic hydroxyl groups excluding tert-OH is 1. The first kappa shape index (κ1) is 14.1. The van der Waals surface area contributed by atoms with Crippen LogP contribution >= 0.6 is 0 Å². The lowest BCUT2D eigenvalue weighted by Gasteiger charge is -2.24. The summed E-state index contributed by atoms with van der Waals surface area (Å²) in [5.74, 6) is 1.65. The van der Waals surface area contributed by atoms with Gasteiger partial charge in [0.05, 0.1) is 17.5 Å². The van der Waals surface area contributed by atoms with Gasteiger partial charge in [0.15, 0.2) is 5.82 Å². The average molecular weight is 291 g/mol. The van der Waals surface area contributed by atoms with Gasteiger partial charge in [0, 0.05) is 39.0 Å². The van der Waals surface area contributed by atoms with Crippen molar-refractivity contribution in [2.45, 2.75) is 18.9 Å². The van der Waals surface area contributed by atoms with E-state index in [1.807, 2.05) is 18.0 Å². The molecule has 3 rings (SSSR count). The number of aromatic nitrogens is 3. The van der Waals surface area contributed by atoms with E-state index in [2.05, 4.69) is 20.5 Å². The third-order valence-corrected chi connectivity index (χ3v) is 3.82. The number of pyridine rings is 1. The van der Waals surface area contributed by atoms with Crippen LogP contribution in [0.5, 0.6) is 0 Å². The second kappa shape index (κ2) is 6.28. The number of H-pyrrole nitrogens is 1. The van der Waals surface area contributed by atoms with Crippen molar-refractivity contribution >= 4 is 22.5 Å². The summed E-state index contributed by atoms with van der Waals surface area (Å²) >= 11 is 0. The van der Waals surface area contributed by atoms with Crippen LogP contribution < -0.4 is 10.2 Å². The van der Waals surface area contributed by atoms with Gasteiger partial charge in [0.2, 0.25) is 0 Å². The molecule has 0 aliphatic carbocycles. The van der Waals surface area contributed by atoms with Gasteiger partial charge in [0.25, 0.3) is 0 Å². The summed E-state index contributed by atoms with van der Waals surface area (Å²) in [6.45, 7) is 2.20. The number of hydrogen-bond donors (Lipinski definition) is 3. The third-order valence-electron chi connectivity index (χ3n) is 3.82. The fourth-order valence-corrected chi connectivity index (χ4v) is 2.63. The average Bonchev–Trinajstić information content (AvgIpc) is 2.94. The van der Waals surface area contributed by atoms with Crippen LogP contribution in [0.4, 0.5) is 11.6 Å². The fraction of sp³-hybridized carbons (Fsp3) is 0.571. The van der Waals surface area contributed by atoms with E-state index in [0.29, 0.717) is 12.6 Å². The van der Waals surface area contributed by atoms with Gasteiger partial charge in [-0.25, -0.2) is 4.98 Å². The molecule has 3 N–H and O–H groups in total. The number of aliphatic hydroxyl groups is 1. The van der Waals surface area contributed by atoms with Crippen LogP contribution in [0.3, 0.4) is 0 Å². The molecule has 3 heterocycles. The lowest BCUT2D eigenvalue weighted by Crippen LogP contribution is -2.28. The minimum atomic E-state index is 0.0911. The van der Waals surface area contributed by atoms with Gasteiger partial charge in [-0.1, -0.05) is 0 Å². The minimum Gasteiger partial charge on any atom is -0.395 e. The number of hydrogen-bond acceptors (Lipinski definition) is 6. The predicted molar refractivity (Wildman–Crippen MR) is 81.7 cm³/mol. The molecular weight excluding hydrogens is 270 g/mol. The summed E-state index contributed by atoms with van der Waals surface area (Å²) in [4.78, 5) is 6.40. The summed E-state index contributed by atoms with van der Waals surface area (Å²) in [6, 6.07) is 2.29. The molecule has 1 aliphatic rings. The molecule has 114 valence electrons. The highest BCUT2D eigenvalue weighted by molar-refractivity contribution is 5.98. The number of nitrogens with one attached hydrogen (secondary N) is 2. The zero-order valence-electron chi connectivity index (χ0n) is 12.2. The Bertz CT molecular complexity index is 594. The molecule has 0 saturated carbocycles. The molecule has 0 radical (unpaired) electrons. The summed E-state index contributed by atoms with van der Waals surface area (Å²) < 4.78 is 5.39. The van der Waals surface area contributed by atoms with Crippen LogP contribution in [-0.2, 0) is 4.74 Å². The Morgan fingerprint density at radius 3 is 3.05 bits per heavy atom. The molecule has 7 heteroatoms. The first-order valence-electron chi connectivity index (χ1n) is 7.29. The fourth-order valence-electron chi connectivity index (χ4n) is 2.63. The summed E-state index contributed by atoms with van der Waals surface area (Å²) in [5.41, 5.74) is 0.944. The quantitative estimate of drug-likeness (QED) is 0.761. The van der Waals surface area contributed by atoms with E-state index in [1.165, 1.54) is 0 Å². The molecule has 0 unspecified atom stereocenters. The highest BCUT2D eigenvalue weighted by Gasteiger charge is 2.19. The molecule has 0 aromatic carbocycles. The topological polar surface area (TPSA) is 86.3 Å². The van der Waals surface area contributed by atoms with E-state index in [1.54, 1.807) is 6.20 Å². The predicted octanol–water partition coefficient (Wildman–Crippen LogP) is 0.977. The smallest absolute Gasteiger partial charge is 0.161 e. The first-order chi connectivity index (χ1) is 10.3. The molecule has 2 aromatic heterocycles. The van der Waals surface area contributed by atoms with Crippen molar-refractivity contribution in [3.63, 3.8) is 0 Å². The molecule has 1 aliphatic heterocycles. The van der Waals surface area contributed by atoms with E-state index in [-0.39, 0.29) is 6.61 Å². The first-order valence-corrected chi connectivity index (χ1v) is 7.29. The molecule has 1 saturated heterocycles. The van der Waals surface area contributed by atoms with Crippen LogP contribution in [0, 0.1) is 0 Å². The monoisotopic (exact) mass is 291 g/mol. The summed E-state index contributed by atoms with van der Waals surface area (Å²) in [7, 11) is 1.91. The van der Waals surface area contributed by atoms with Gasteiger partial charge in [-0.3, -0.25) is 5.10 Å². The SMILES string of the molecule is CN(CCO)c1n[nH]c2ccnc(NC3CCOCC3)c12. The Hall–Kier alpha value is -1.86. The number of likely N-dealkylation sites (N-methyl/N-ethyl adjacent to an activating group) is 1. The Labute approximate surface area is 123 Å². The van der Waals surface area contributed by atoms with E-state index in [4.69, 9.17) is 9.84 Å². The zero-order chi connectivity index (χ0) is 14.7. The molecule has 2 aromatic rings. The molecule has 0 spiro atoms. The van der Waals surface area contributed by atoms with Crippen molar-refractivity contribution in [3.8, 4) is 0 Å². The van der Waals surface area contributed by atoms with Crippen molar-refractivity contribution in [1.82, 2.24) is 15.2 Å². The number of ether oxygens (including phenoxy) is 1. The number of anilines is 2. The van der Waals surface area contributed by atoms with E-state index in [0.717, 1.165) is 48.6 Å². The van der Waals surface area contributed by atoms with Crippen molar-refractivity contribution in [2.75, 3.05) is 43.6 Å². The maximum Gasteiger partial charge on any atom is 0.161 e. The molecular formula is C14H21N5O2. The Morgan fingerprint density at radius 2 is 2.29 bits per heavy atom. The van der Waals surface area contributed by atoms with Gasteiger partial charge >= 0.3 is 0 Å². The second-order valence-electron chi connectivity index (χ2n) is 5.31. The number of rotatable bonds is 5. The maximum atomic E-state index is 9.11. The van der Waals surface area contributed by atoms with Gasteiger partial charge < -0.3 is 20.1 Å². The molecule has 1 fully saturated rings. The van der Waals surface area contributed by atoms with Crippen molar-refractivity contribution in [2.24, 2.45) is 0 Å². The Balaban J connectivity index is 1.91. The second-order valence-corrected chi connectivity index (χ2v) is 5.31. The van der Waals surface area contributed by atoms with Crippen LogP contribution in [0.25, 0.3) is 10.9 Å². The molecule has 0 bridgehead atoms. The van der Waals surface area contributed by atoms with Gasteiger partial charge in [-0.05, 0) is 18.9 Å². The van der Waals surface area contributed by atoms with Crippen LogP contribution in [-0.4, -0.2) is 59.7 Å². The highest BCUT2D eigenvalue weighted by Crippen LogP contribution is 2.29. The van der Waals surface area contributed by atoms with E-state index >= 15 is 0 Å². The Kier molecular flexibility index (Phi) is 4.21. The van der Waals surface area contributed by atoms with Crippen molar-refractivity contribution in [1.29, 1.82) is 0 Å². The van der Waals surface area contributed by atoms with Gasteiger partial charge in [-0.15, -0.1) is 0 Å². The van der Waals surface area contributed by atoms with Gasteiger partial charge in [0.1, 0.15) is 5.82 Å². The summed E-state index contributed by atoms with van der Waals surface area (Å²) in [6.07, 6.45) is 3.74. The lowest BCUT2D eigenvalue weighted by molar-refractivity contribution is 0.0904. The van der Waals surface area contributed by atoms with E-state index in [9.17, 15) is 0 Å². The maximum absolute atomic E-state index is 9.11.